The van der Waals surface area contributed by atoms with Crippen molar-refractivity contribution in [3.8, 4) is 0 Å². The van der Waals surface area contributed by atoms with Crippen molar-refractivity contribution >= 4 is 36.0 Å². The largest absolute Gasteiger partial charge is 0.273 e. The minimum atomic E-state index is -0.0894. The van der Waals surface area contributed by atoms with Gasteiger partial charge in [0.05, 0.1) is 12.4 Å². The summed E-state index contributed by atoms with van der Waals surface area (Å²) in [5.41, 5.74) is 6.95. The van der Waals surface area contributed by atoms with Crippen molar-refractivity contribution in [3.63, 3.8) is 0 Å². The predicted octanol–water partition coefficient (Wildman–Crippen LogP) is 3.58. The number of thioether (sulfide) groups is 1. The number of carbonyl (C=O) groups excluding carboxylic acids is 2. The van der Waals surface area contributed by atoms with Gasteiger partial charge in [-0.05, 0) is 35.5 Å². The van der Waals surface area contributed by atoms with Gasteiger partial charge < -0.3 is 0 Å². The van der Waals surface area contributed by atoms with Crippen LogP contribution in [0.4, 0.5) is 0 Å². The maximum absolute atomic E-state index is 11.7. The summed E-state index contributed by atoms with van der Waals surface area (Å²) in [6.07, 6.45) is 5.70. The summed E-state index contributed by atoms with van der Waals surface area (Å²) in [6, 6.07) is 19.2. The average Bonchev–Trinajstić information content (AvgIpc) is 2.74. The number of hydrazone groups is 2. The average molecular weight is 411 g/mol. The molecule has 7 heteroatoms. The lowest BCUT2D eigenvalue weighted by Crippen LogP contribution is -2.17. The molecular formula is C22H26N4O2S. The first-order valence-electron chi connectivity index (χ1n) is 9.56. The maximum Gasteiger partial charge on any atom is 0.240 e. The van der Waals surface area contributed by atoms with Crippen LogP contribution in [0.5, 0.6) is 0 Å². The molecule has 29 heavy (non-hydrogen) atoms. The molecule has 152 valence electrons. The standard InChI is InChI=1S/C22H26N4O2S/c27-21(25-23-17-19-9-3-1-4-10-19)13-7-15-29-16-8-14-22(28)26-24-18-20-11-5-2-6-12-20/h1-6,9-12,17-18H,7-8,13-16H2,(H,25,27)(H,26,28)/b23-17-,24-18-. The van der Waals surface area contributed by atoms with Crippen molar-refractivity contribution in [3.05, 3.63) is 71.8 Å². The Kier molecular flexibility index (Phi) is 10.9. The Bertz CT molecular complexity index is 727. The highest BCUT2D eigenvalue weighted by Gasteiger charge is 2.01. The van der Waals surface area contributed by atoms with E-state index in [1.54, 1.807) is 24.2 Å². The van der Waals surface area contributed by atoms with Gasteiger partial charge in [-0.1, -0.05) is 60.7 Å². The highest BCUT2D eigenvalue weighted by Crippen LogP contribution is 2.08. The van der Waals surface area contributed by atoms with E-state index in [4.69, 9.17) is 0 Å². The Labute approximate surface area is 175 Å². The molecule has 2 rings (SSSR count). The zero-order chi connectivity index (χ0) is 20.6. The number of hydrogen-bond donors (Lipinski definition) is 2. The maximum atomic E-state index is 11.7. The van der Waals surface area contributed by atoms with Crippen molar-refractivity contribution in [2.75, 3.05) is 11.5 Å². The topological polar surface area (TPSA) is 82.9 Å². The molecule has 0 aliphatic carbocycles. The van der Waals surface area contributed by atoms with Gasteiger partial charge in [0.1, 0.15) is 0 Å². The van der Waals surface area contributed by atoms with Crippen LogP contribution in [-0.2, 0) is 9.59 Å². The molecule has 2 amide bonds. The first-order valence-corrected chi connectivity index (χ1v) is 10.7. The van der Waals surface area contributed by atoms with Crippen molar-refractivity contribution in [1.29, 1.82) is 0 Å². The number of hydrogen-bond acceptors (Lipinski definition) is 5. The van der Waals surface area contributed by atoms with E-state index in [0.717, 1.165) is 35.5 Å². The summed E-state index contributed by atoms with van der Waals surface area (Å²) in [5.74, 6) is 1.58. The molecule has 0 saturated heterocycles. The summed E-state index contributed by atoms with van der Waals surface area (Å²) in [7, 11) is 0. The number of rotatable bonds is 12. The normalized spacial score (nSPS) is 11.0. The lowest BCUT2D eigenvalue weighted by atomic mass is 10.2. The number of carbonyl (C=O) groups is 2. The molecule has 0 heterocycles. The Morgan fingerprint density at radius 3 is 1.55 bits per heavy atom. The minimum Gasteiger partial charge on any atom is -0.273 e. The Hall–Kier alpha value is -2.93. The first kappa shape index (κ1) is 22.4. The van der Waals surface area contributed by atoms with Gasteiger partial charge in [0.25, 0.3) is 0 Å². The van der Waals surface area contributed by atoms with Crippen molar-refractivity contribution in [2.45, 2.75) is 25.7 Å². The summed E-state index contributed by atoms with van der Waals surface area (Å²) in [4.78, 5) is 23.4. The van der Waals surface area contributed by atoms with Gasteiger partial charge in [-0.15, -0.1) is 0 Å². The van der Waals surface area contributed by atoms with Crippen LogP contribution in [-0.4, -0.2) is 35.7 Å². The van der Waals surface area contributed by atoms with E-state index >= 15 is 0 Å². The minimum absolute atomic E-state index is 0.0894. The Balaban J connectivity index is 1.44. The summed E-state index contributed by atoms with van der Waals surface area (Å²) < 4.78 is 0. The number of benzene rings is 2. The van der Waals surface area contributed by atoms with E-state index in [2.05, 4.69) is 21.1 Å². The molecule has 0 spiro atoms. The molecule has 0 aliphatic rings. The monoisotopic (exact) mass is 410 g/mol. The van der Waals surface area contributed by atoms with E-state index in [1.807, 2.05) is 60.7 Å². The van der Waals surface area contributed by atoms with Gasteiger partial charge in [0, 0.05) is 12.8 Å². The van der Waals surface area contributed by atoms with Crippen molar-refractivity contribution < 1.29 is 9.59 Å². The molecule has 0 saturated carbocycles. The third kappa shape index (κ3) is 10.8. The third-order valence-electron chi connectivity index (χ3n) is 3.79. The summed E-state index contributed by atoms with van der Waals surface area (Å²) >= 11 is 1.74. The van der Waals surface area contributed by atoms with E-state index in [1.165, 1.54) is 0 Å². The molecule has 0 atom stereocenters. The second-order valence-corrected chi connectivity index (χ2v) is 7.45. The summed E-state index contributed by atoms with van der Waals surface area (Å²) in [6.45, 7) is 0. The zero-order valence-electron chi connectivity index (χ0n) is 16.3. The predicted molar refractivity (Wildman–Crippen MR) is 120 cm³/mol. The number of nitrogens with one attached hydrogen (secondary N) is 2. The highest BCUT2D eigenvalue weighted by molar-refractivity contribution is 7.99. The number of amides is 2. The molecule has 0 unspecified atom stereocenters. The number of nitrogens with zero attached hydrogens (tertiary/aromatic N) is 2. The van der Waals surface area contributed by atoms with Gasteiger partial charge in [0.15, 0.2) is 0 Å². The van der Waals surface area contributed by atoms with Gasteiger partial charge >= 0.3 is 0 Å². The second kappa shape index (κ2) is 14.1. The van der Waals surface area contributed by atoms with Gasteiger partial charge in [-0.2, -0.15) is 22.0 Å². The second-order valence-electron chi connectivity index (χ2n) is 6.23. The third-order valence-corrected chi connectivity index (χ3v) is 4.94. The zero-order valence-corrected chi connectivity index (χ0v) is 17.1. The highest BCUT2D eigenvalue weighted by atomic mass is 32.2. The van der Waals surface area contributed by atoms with Crippen LogP contribution in [0.15, 0.2) is 70.9 Å². The van der Waals surface area contributed by atoms with Crippen molar-refractivity contribution in [1.82, 2.24) is 10.9 Å². The molecule has 0 radical (unpaired) electrons. The molecule has 0 bridgehead atoms. The van der Waals surface area contributed by atoms with Gasteiger partial charge in [0.2, 0.25) is 11.8 Å². The molecular weight excluding hydrogens is 384 g/mol. The fraction of sp³-hybridized carbons (Fsp3) is 0.273. The molecule has 2 aromatic carbocycles. The van der Waals surface area contributed by atoms with E-state index < -0.39 is 0 Å². The lowest BCUT2D eigenvalue weighted by molar-refractivity contribution is -0.121. The van der Waals surface area contributed by atoms with Crippen LogP contribution >= 0.6 is 11.8 Å². The SMILES string of the molecule is O=C(CCCSCCCC(=O)N/N=C\c1ccccc1)N/N=C\c1ccccc1. The quantitative estimate of drug-likeness (QED) is 0.319. The Morgan fingerprint density at radius 2 is 1.14 bits per heavy atom. The lowest BCUT2D eigenvalue weighted by Gasteiger charge is -2.02. The summed E-state index contributed by atoms with van der Waals surface area (Å²) in [5, 5.41) is 7.89. The molecule has 0 fully saturated rings. The van der Waals surface area contributed by atoms with Gasteiger partial charge in [-0.3, -0.25) is 9.59 Å². The van der Waals surface area contributed by atoms with E-state index in [9.17, 15) is 9.59 Å². The van der Waals surface area contributed by atoms with Crippen LogP contribution in [0.3, 0.4) is 0 Å². The molecule has 6 nitrogen and oxygen atoms in total. The molecule has 2 N–H and O–H groups in total. The molecule has 2 aromatic rings. The smallest absolute Gasteiger partial charge is 0.240 e. The van der Waals surface area contributed by atoms with Crippen LogP contribution in [0, 0.1) is 0 Å². The van der Waals surface area contributed by atoms with Crippen molar-refractivity contribution in [2.24, 2.45) is 10.2 Å². The van der Waals surface area contributed by atoms with E-state index in [0.29, 0.717) is 12.8 Å². The first-order chi connectivity index (χ1) is 14.2. The van der Waals surface area contributed by atoms with Gasteiger partial charge in [-0.25, -0.2) is 10.9 Å². The van der Waals surface area contributed by atoms with Crippen LogP contribution in [0.1, 0.15) is 36.8 Å². The van der Waals surface area contributed by atoms with Crippen LogP contribution in [0.25, 0.3) is 0 Å². The Morgan fingerprint density at radius 1 is 0.724 bits per heavy atom. The van der Waals surface area contributed by atoms with Crippen LogP contribution in [0.2, 0.25) is 0 Å². The fourth-order valence-corrected chi connectivity index (χ4v) is 3.22. The van der Waals surface area contributed by atoms with E-state index in [-0.39, 0.29) is 11.8 Å². The molecule has 0 aliphatic heterocycles. The molecule has 0 aromatic heterocycles. The van der Waals surface area contributed by atoms with Crippen LogP contribution < -0.4 is 10.9 Å². The fourth-order valence-electron chi connectivity index (χ4n) is 2.32.